The molecular weight excluding hydrogens is 414 g/mol. The molecule has 0 aliphatic carbocycles. The Kier molecular flexibility index (Phi) is 6.11. The van der Waals surface area contributed by atoms with E-state index in [9.17, 15) is 18.0 Å². The van der Waals surface area contributed by atoms with Gasteiger partial charge in [0.15, 0.2) is 0 Å². The minimum absolute atomic E-state index is 0.192. The molecule has 7 nitrogen and oxygen atoms in total. The fourth-order valence-electron chi connectivity index (χ4n) is 4.25. The lowest BCUT2D eigenvalue weighted by Crippen LogP contribution is -2.52. The molecule has 1 unspecified atom stereocenters. The SMILES string of the molecule is Cc1cccc(C2C(=O)NCCN2C(=O)c2ccc(S(=O)(=O)N3CCCCC3)cc2)c1. The zero-order chi connectivity index (χ0) is 22.0. The molecule has 0 spiro atoms. The molecule has 2 amide bonds. The highest BCUT2D eigenvalue weighted by atomic mass is 32.2. The number of rotatable bonds is 4. The Morgan fingerprint density at radius 1 is 1.00 bits per heavy atom. The van der Waals surface area contributed by atoms with Gasteiger partial charge in [-0.2, -0.15) is 4.31 Å². The van der Waals surface area contributed by atoms with Gasteiger partial charge in [0.25, 0.3) is 5.91 Å². The summed E-state index contributed by atoms with van der Waals surface area (Å²) in [4.78, 5) is 27.6. The van der Waals surface area contributed by atoms with Crippen molar-refractivity contribution in [3.05, 3.63) is 65.2 Å². The topological polar surface area (TPSA) is 86.8 Å². The van der Waals surface area contributed by atoms with Gasteiger partial charge in [0, 0.05) is 31.7 Å². The van der Waals surface area contributed by atoms with Gasteiger partial charge in [-0.05, 0) is 49.6 Å². The van der Waals surface area contributed by atoms with E-state index in [1.165, 1.54) is 16.4 Å². The third-order valence-electron chi connectivity index (χ3n) is 5.88. The predicted molar refractivity (Wildman–Crippen MR) is 117 cm³/mol. The van der Waals surface area contributed by atoms with Crippen LogP contribution in [-0.2, 0) is 14.8 Å². The van der Waals surface area contributed by atoms with Crippen molar-refractivity contribution in [1.82, 2.24) is 14.5 Å². The van der Waals surface area contributed by atoms with Gasteiger partial charge in [-0.15, -0.1) is 0 Å². The van der Waals surface area contributed by atoms with Gasteiger partial charge in [-0.25, -0.2) is 8.42 Å². The Labute approximate surface area is 183 Å². The Morgan fingerprint density at radius 2 is 1.71 bits per heavy atom. The molecule has 0 bridgehead atoms. The fraction of sp³-hybridized carbons (Fsp3) is 0.391. The van der Waals surface area contributed by atoms with Crippen LogP contribution < -0.4 is 5.32 Å². The van der Waals surface area contributed by atoms with E-state index in [4.69, 9.17) is 0 Å². The van der Waals surface area contributed by atoms with Crippen LogP contribution in [0.1, 0.15) is 46.8 Å². The number of piperidine rings is 1. The molecule has 2 saturated heterocycles. The molecule has 0 aromatic heterocycles. The number of aryl methyl sites for hydroxylation is 1. The van der Waals surface area contributed by atoms with Crippen molar-refractivity contribution in [3.63, 3.8) is 0 Å². The van der Waals surface area contributed by atoms with Crippen LogP contribution in [0.2, 0.25) is 0 Å². The Bertz CT molecular complexity index is 1080. The first-order chi connectivity index (χ1) is 14.9. The zero-order valence-corrected chi connectivity index (χ0v) is 18.4. The van der Waals surface area contributed by atoms with Crippen molar-refractivity contribution in [2.24, 2.45) is 0 Å². The van der Waals surface area contributed by atoms with Crippen molar-refractivity contribution in [1.29, 1.82) is 0 Å². The highest BCUT2D eigenvalue weighted by Gasteiger charge is 2.35. The minimum atomic E-state index is -3.55. The van der Waals surface area contributed by atoms with Gasteiger partial charge in [-0.1, -0.05) is 36.2 Å². The van der Waals surface area contributed by atoms with Gasteiger partial charge >= 0.3 is 0 Å². The van der Waals surface area contributed by atoms with E-state index in [0.29, 0.717) is 31.7 Å². The monoisotopic (exact) mass is 441 g/mol. The van der Waals surface area contributed by atoms with E-state index >= 15 is 0 Å². The largest absolute Gasteiger partial charge is 0.352 e. The second kappa shape index (κ2) is 8.80. The van der Waals surface area contributed by atoms with Crippen molar-refractivity contribution in [2.75, 3.05) is 26.2 Å². The summed E-state index contributed by atoms with van der Waals surface area (Å²) >= 11 is 0. The summed E-state index contributed by atoms with van der Waals surface area (Å²) in [7, 11) is -3.55. The van der Waals surface area contributed by atoms with Crippen LogP contribution in [0.3, 0.4) is 0 Å². The lowest BCUT2D eigenvalue weighted by atomic mass is 9.99. The van der Waals surface area contributed by atoms with Crippen molar-refractivity contribution < 1.29 is 18.0 Å². The minimum Gasteiger partial charge on any atom is -0.352 e. The molecular formula is C23H27N3O4S. The predicted octanol–water partition coefficient (Wildman–Crippen LogP) is 2.48. The first-order valence-electron chi connectivity index (χ1n) is 10.6. The summed E-state index contributed by atoms with van der Waals surface area (Å²) < 4.78 is 27.2. The number of nitrogens with one attached hydrogen (secondary N) is 1. The standard InChI is InChI=1S/C23H27N3O4S/c1-17-6-5-7-19(16-17)21-22(27)24-12-15-26(21)23(28)18-8-10-20(11-9-18)31(29,30)25-13-3-2-4-14-25/h5-11,16,21H,2-4,12-15H2,1H3,(H,24,27). The molecule has 2 heterocycles. The number of amides is 2. The summed E-state index contributed by atoms with van der Waals surface area (Å²) in [6.45, 7) is 3.78. The molecule has 2 aliphatic rings. The fourth-order valence-corrected chi connectivity index (χ4v) is 5.76. The van der Waals surface area contributed by atoms with Crippen molar-refractivity contribution in [2.45, 2.75) is 37.1 Å². The van der Waals surface area contributed by atoms with Gasteiger partial charge < -0.3 is 10.2 Å². The first kappa shape index (κ1) is 21.5. The van der Waals surface area contributed by atoms with E-state index in [0.717, 1.165) is 30.4 Å². The van der Waals surface area contributed by atoms with Crippen LogP contribution in [0.15, 0.2) is 53.4 Å². The molecule has 2 aliphatic heterocycles. The van der Waals surface area contributed by atoms with Crippen LogP contribution in [0.5, 0.6) is 0 Å². The lowest BCUT2D eigenvalue weighted by Gasteiger charge is -2.35. The smallest absolute Gasteiger partial charge is 0.254 e. The molecule has 1 atom stereocenters. The van der Waals surface area contributed by atoms with Gasteiger partial charge in [-0.3, -0.25) is 9.59 Å². The van der Waals surface area contributed by atoms with Crippen molar-refractivity contribution >= 4 is 21.8 Å². The van der Waals surface area contributed by atoms with E-state index in [-0.39, 0.29) is 16.7 Å². The number of hydrogen-bond acceptors (Lipinski definition) is 4. The molecule has 2 aromatic carbocycles. The summed E-state index contributed by atoms with van der Waals surface area (Å²) in [5, 5.41) is 2.83. The normalized spacial score (nSPS) is 20.4. The lowest BCUT2D eigenvalue weighted by molar-refractivity contribution is -0.128. The average molecular weight is 442 g/mol. The molecule has 4 rings (SSSR count). The maximum atomic E-state index is 13.3. The maximum Gasteiger partial charge on any atom is 0.254 e. The summed E-state index contributed by atoms with van der Waals surface area (Å²) in [5.41, 5.74) is 2.13. The van der Waals surface area contributed by atoms with E-state index in [2.05, 4.69) is 5.32 Å². The molecule has 1 N–H and O–H groups in total. The summed E-state index contributed by atoms with van der Waals surface area (Å²) in [6.07, 6.45) is 2.78. The van der Waals surface area contributed by atoms with Crippen LogP contribution in [-0.4, -0.2) is 55.6 Å². The quantitative estimate of drug-likeness (QED) is 0.790. The molecule has 0 saturated carbocycles. The van der Waals surface area contributed by atoms with Crippen LogP contribution >= 0.6 is 0 Å². The number of nitrogens with zero attached hydrogens (tertiary/aromatic N) is 2. The summed E-state index contributed by atoms with van der Waals surface area (Å²) in [6, 6.07) is 12.9. The first-order valence-corrected chi connectivity index (χ1v) is 12.1. The number of piperazine rings is 1. The highest BCUT2D eigenvalue weighted by Crippen LogP contribution is 2.27. The highest BCUT2D eigenvalue weighted by molar-refractivity contribution is 7.89. The Balaban J connectivity index is 1.58. The van der Waals surface area contributed by atoms with Gasteiger partial charge in [0.05, 0.1) is 4.90 Å². The molecule has 31 heavy (non-hydrogen) atoms. The third-order valence-corrected chi connectivity index (χ3v) is 7.80. The Morgan fingerprint density at radius 3 is 2.39 bits per heavy atom. The van der Waals surface area contributed by atoms with E-state index < -0.39 is 16.1 Å². The number of sulfonamides is 1. The zero-order valence-electron chi connectivity index (χ0n) is 17.6. The molecule has 164 valence electrons. The van der Waals surface area contributed by atoms with E-state index in [1.807, 2.05) is 31.2 Å². The number of carbonyl (C=O) groups is 2. The number of hydrogen-bond donors (Lipinski definition) is 1. The number of carbonyl (C=O) groups excluding carboxylic acids is 2. The average Bonchev–Trinajstić information content (AvgIpc) is 2.79. The maximum absolute atomic E-state index is 13.3. The van der Waals surface area contributed by atoms with Crippen LogP contribution in [0.25, 0.3) is 0 Å². The van der Waals surface area contributed by atoms with Crippen LogP contribution in [0.4, 0.5) is 0 Å². The molecule has 2 aromatic rings. The van der Waals surface area contributed by atoms with Gasteiger partial charge in [0.1, 0.15) is 6.04 Å². The summed E-state index contributed by atoms with van der Waals surface area (Å²) in [5.74, 6) is -0.502. The second-order valence-electron chi connectivity index (χ2n) is 8.10. The van der Waals surface area contributed by atoms with Crippen molar-refractivity contribution in [3.8, 4) is 0 Å². The molecule has 2 fully saturated rings. The van der Waals surface area contributed by atoms with Gasteiger partial charge in [0.2, 0.25) is 15.9 Å². The van der Waals surface area contributed by atoms with E-state index in [1.54, 1.807) is 17.0 Å². The second-order valence-corrected chi connectivity index (χ2v) is 10.0. The molecule has 0 radical (unpaired) electrons. The van der Waals surface area contributed by atoms with Crippen LogP contribution in [0, 0.1) is 6.92 Å². The molecule has 8 heteroatoms. The Hall–Kier alpha value is -2.71. The third kappa shape index (κ3) is 4.36. The number of benzene rings is 2.